The molecule has 1 atom stereocenters. The Hall–Kier alpha value is -1.06. The van der Waals surface area contributed by atoms with Crippen LogP contribution in [0.1, 0.15) is 6.42 Å². The van der Waals surface area contributed by atoms with E-state index in [0.29, 0.717) is 13.0 Å². The SMILES string of the molecule is CN1CCN(C[C@]2(O)CCN(S(=O)(=O)c3ccc(F)cc3)C2)CC1. The van der Waals surface area contributed by atoms with Crippen molar-refractivity contribution < 1.29 is 17.9 Å². The van der Waals surface area contributed by atoms with Crippen LogP contribution in [0.15, 0.2) is 29.2 Å². The molecule has 2 aliphatic heterocycles. The Morgan fingerprint density at radius 2 is 1.75 bits per heavy atom. The smallest absolute Gasteiger partial charge is 0.243 e. The van der Waals surface area contributed by atoms with Crippen LogP contribution in [0.3, 0.4) is 0 Å². The van der Waals surface area contributed by atoms with Gasteiger partial charge < -0.3 is 10.0 Å². The summed E-state index contributed by atoms with van der Waals surface area (Å²) in [6.07, 6.45) is 0.416. The number of halogens is 1. The van der Waals surface area contributed by atoms with Gasteiger partial charge in [0.15, 0.2) is 0 Å². The van der Waals surface area contributed by atoms with Crippen LogP contribution in [0.5, 0.6) is 0 Å². The van der Waals surface area contributed by atoms with E-state index in [1.54, 1.807) is 0 Å². The van der Waals surface area contributed by atoms with Gasteiger partial charge in [-0.1, -0.05) is 0 Å². The van der Waals surface area contributed by atoms with Crippen molar-refractivity contribution in [3.8, 4) is 0 Å². The number of aliphatic hydroxyl groups is 1. The minimum absolute atomic E-state index is 0.0627. The summed E-state index contributed by atoms with van der Waals surface area (Å²) in [5, 5.41) is 10.8. The lowest BCUT2D eigenvalue weighted by atomic mass is 10.0. The Bertz CT molecular complexity index is 674. The van der Waals surface area contributed by atoms with E-state index in [1.807, 2.05) is 0 Å². The van der Waals surface area contributed by atoms with Gasteiger partial charge in [-0.15, -0.1) is 0 Å². The van der Waals surface area contributed by atoms with Gasteiger partial charge in [-0.05, 0) is 37.7 Å². The van der Waals surface area contributed by atoms with E-state index >= 15 is 0 Å². The summed E-state index contributed by atoms with van der Waals surface area (Å²) in [6, 6.07) is 4.81. The third-order valence-corrected chi connectivity index (χ3v) is 6.72. The van der Waals surface area contributed by atoms with E-state index < -0.39 is 21.4 Å². The second kappa shape index (κ2) is 6.68. The Kier molecular flexibility index (Phi) is 4.94. The van der Waals surface area contributed by atoms with Crippen LogP contribution in [-0.4, -0.2) is 86.1 Å². The van der Waals surface area contributed by atoms with Gasteiger partial charge in [0, 0.05) is 45.8 Å². The zero-order chi connectivity index (χ0) is 17.4. The van der Waals surface area contributed by atoms with Gasteiger partial charge in [-0.2, -0.15) is 4.31 Å². The second-order valence-electron chi connectivity index (χ2n) is 6.85. The largest absolute Gasteiger partial charge is 0.387 e. The number of nitrogens with zero attached hydrogens (tertiary/aromatic N) is 3. The molecule has 0 amide bonds. The summed E-state index contributed by atoms with van der Waals surface area (Å²) in [4.78, 5) is 4.49. The van der Waals surface area contributed by atoms with Gasteiger partial charge >= 0.3 is 0 Å². The van der Waals surface area contributed by atoms with Gasteiger partial charge in [0.2, 0.25) is 10.0 Å². The molecule has 1 N–H and O–H groups in total. The molecule has 0 radical (unpaired) electrons. The van der Waals surface area contributed by atoms with E-state index in [2.05, 4.69) is 16.8 Å². The van der Waals surface area contributed by atoms with E-state index in [0.717, 1.165) is 38.3 Å². The van der Waals surface area contributed by atoms with Crippen molar-refractivity contribution in [2.75, 3.05) is 52.9 Å². The molecule has 0 aliphatic carbocycles. The lowest BCUT2D eigenvalue weighted by molar-refractivity contribution is 0.00424. The molecule has 134 valence electrons. The predicted octanol–water partition coefficient (Wildman–Crippen LogP) is 0.199. The molecular formula is C16H24FN3O3S. The zero-order valence-corrected chi connectivity index (χ0v) is 14.7. The van der Waals surface area contributed by atoms with Crippen molar-refractivity contribution in [2.45, 2.75) is 16.9 Å². The first kappa shape index (κ1) is 17.8. The highest BCUT2D eigenvalue weighted by Crippen LogP contribution is 2.28. The first-order chi connectivity index (χ1) is 11.3. The molecule has 0 saturated carbocycles. The average molecular weight is 357 g/mol. The fourth-order valence-corrected chi connectivity index (χ4v) is 4.85. The molecule has 0 spiro atoms. The Morgan fingerprint density at radius 1 is 1.12 bits per heavy atom. The number of hydrogen-bond acceptors (Lipinski definition) is 5. The van der Waals surface area contributed by atoms with Crippen molar-refractivity contribution in [2.24, 2.45) is 0 Å². The topological polar surface area (TPSA) is 64.1 Å². The molecule has 2 fully saturated rings. The molecule has 0 bridgehead atoms. The highest BCUT2D eigenvalue weighted by molar-refractivity contribution is 7.89. The minimum Gasteiger partial charge on any atom is -0.387 e. The Labute approximate surface area is 142 Å². The van der Waals surface area contributed by atoms with Crippen LogP contribution >= 0.6 is 0 Å². The second-order valence-corrected chi connectivity index (χ2v) is 8.78. The lowest BCUT2D eigenvalue weighted by Gasteiger charge is -2.36. The summed E-state index contributed by atoms with van der Waals surface area (Å²) < 4.78 is 39.6. The van der Waals surface area contributed by atoms with Crippen molar-refractivity contribution in [1.82, 2.24) is 14.1 Å². The third-order valence-electron chi connectivity index (χ3n) is 4.86. The first-order valence-electron chi connectivity index (χ1n) is 8.18. The normalized spacial score (nSPS) is 27.6. The molecule has 24 heavy (non-hydrogen) atoms. The summed E-state index contributed by atoms with van der Waals surface area (Å²) >= 11 is 0. The highest BCUT2D eigenvalue weighted by Gasteiger charge is 2.42. The summed E-state index contributed by atoms with van der Waals surface area (Å²) in [6.45, 7) is 4.51. The van der Waals surface area contributed by atoms with Crippen LogP contribution in [0.4, 0.5) is 4.39 Å². The third kappa shape index (κ3) is 3.78. The van der Waals surface area contributed by atoms with E-state index in [1.165, 1.54) is 16.4 Å². The molecule has 8 heteroatoms. The number of hydrogen-bond donors (Lipinski definition) is 1. The molecule has 1 aromatic carbocycles. The zero-order valence-electron chi connectivity index (χ0n) is 13.9. The van der Waals surface area contributed by atoms with Crippen LogP contribution in [0.25, 0.3) is 0 Å². The maximum Gasteiger partial charge on any atom is 0.243 e. The minimum atomic E-state index is -3.70. The monoisotopic (exact) mass is 357 g/mol. The van der Waals surface area contributed by atoms with Gasteiger partial charge in [-0.25, -0.2) is 12.8 Å². The fourth-order valence-electron chi connectivity index (χ4n) is 3.33. The van der Waals surface area contributed by atoms with Crippen LogP contribution in [0.2, 0.25) is 0 Å². The molecule has 2 heterocycles. The molecule has 2 saturated heterocycles. The van der Waals surface area contributed by atoms with E-state index in [4.69, 9.17) is 0 Å². The van der Waals surface area contributed by atoms with Crippen LogP contribution < -0.4 is 0 Å². The van der Waals surface area contributed by atoms with Gasteiger partial charge in [-0.3, -0.25) is 4.90 Å². The number of sulfonamides is 1. The molecule has 0 aromatic heterocycles. The van der Waals surface area contributed by atoms with Crippen molar-refractivity contribution in [3.63, 3.8) is 0 Å². The lowest BCUT2D eigenvalue weighted by Crippen LogP contribution is -2.52. The number of piperazine rings is 1. The van der Waals surface area contributed by atoms with Gasteiger partial charge in [0.25, 0.3) is 0 Å². The van der Waals surface area contributed by atoms with Gasteiger partial charge in [0.05, 0.1) is 10.5 Å². The average Bonchev–Trinajstić information content (AvgIpc) is 2.93. The summed E-state index contributed by atoms with van der Waals surface area (Å²) in [5.41, 5.74) is -1.02. The highest BCUT2D eigenvalue weighted by atomic mass is 32.2. The maximum absolute atomic E-state index is 13.0. The standard InChI is InChI=1S/C16H24FN3O3S/c1-18-8-10-19(11-9-18)12-16(21)6-7-20(13-16)24(22,23)15-4-2-14(17)3-5-15/h2-5,21H,6-13H2,1H3/t16-/m1/s1. The maximum atomic E-state index is 13.0. The van der Waals surface area contributed by atoms with Gasteiger partial charge in [0.1, 0.15) is 5.82 Å². The van der Waals surface area contributed by atoms with Crippen LogP contribution in [0, 0.1) is 5.82 Å². The molecule has 0 unspecified atom stereocenters. The molecule has 1 aromatic rings. The number of likely N-dealkylation sites (N-methyl/N-ethyl adjacent to an activating group) is 1. The predicted molar refractivity (Wildman–Crippen MR) is 88.7 cm³/mol. The Balaban J connectivity index is 1.66. The van der Waals surface area contributed by atoms with Crippen molar-refractivity contribution in [3.05, 3.63) is 30.1 Å². The molecule has 2 aliphatic rings. The Morgan fingerprint density at radius 3 is 2.38 bits per heavy atom. The summed E-state index contributed by atoms with van der Waals surface area (Å²) in [7, 11) is -1.63. The van der Waals surface area contributed by atoms with Crippen molar-refractivity contribution in [1.29, 1.82) is 0 Å². The first-order valence-corrected chi connectivity index (χ1v) is 9.62. The number of β-amino-alcohol motifs (C(OH)–C–C–N with tert-alkyl or cyclic N) is 1. The number of benzene rings is 1. The summed E-state index contributed by atoms with van der Waals surface area (Å²) in [5.74, 6) is -0.470. The molecule has 3 rings (SSSR count). The van der Waals surface area contributed by atoms with E-state index in [-0.39, 0.29) is 18.0 Å². The van der Waals surface area contributed by atoms with Crippen molar-refractivity contribution >= 4 is 10.0 Å². The van der Waals surface area contributed by atoms with E-state index in [9.17, 15) is 17.9 Å². The fraction of sp³-hybridized carbons (Fsp3) is 0.625. The molecular weight excluding hydrogens is 333 g/mol. The number of rotatable bonds is 4. The van der Waals surface area contributed by atoms with Crippen LogP contribution in [-0.2, 0) is 10.0 Å². The quantitative estimate of drug-likeness (QED) is 0.834. The molecule has 6 nitrogen and oxygen atoms in total.